The van der Waals surface area contributed by atoms with Gasteiger partial charge in [0.1, 0.15) is 23.1 Å². The zero-order chi connectivity index (χ0) is 23.5. The highest BCUT2D eigenvalue weighted by molar-refractivity contribution is 7.81. The largest absolute Gasteiger partial charge is 0.366 e. The van der Waals surface area contributed by atoms with E-state index in [0.29, 0.717) is 35.0 Å². The monoisotopic (exact) mass is 459 g/mol. The lowest BCUT2D eigenvalue weighted by molar-refractivity contribution is -0.123. The molecule has 1 aliphatic heterocycles. The van der Waals surface area contributed by atoms with Gasteiger partial charge in [0, 0.05) is 16.3 Å². The molecule has 1 saturated heterocycles. The summed E-state index contributed by atoms with van der Waals surface area (Å²) in [6, 6.07) is 12.2. The number of carbonyl (C=O) groups excluding carboxylic acids is 2. The number of nitrogens with zero attached hydrogens (tertiary/aromatic N) is 4. The van der Waals surface area contributed by atoms with Crippen LogP contribution in [0.2, 0.25) is 0 Å². The third-order valence-corrected chi connectivity index (χ3v) is 6.94. The summed E-state index contributed by atoms with van der Waals surface area (Å²) in [6.45, 7) is 1.54. The number of carbonyl (C=O) groups is 2. The van der Waals surface area contributed by atoms with Gasteiger partial charge in [0.05, 0.1) is 23.1 Å². The molecule has 2 heterocycles. The van der Waals surface area contributed by atoms with E-state index in [-0.39, 0.29) is 27.8 Å². The van der Waals surface area contributed by atoms with E-state index in [9.17, 15) is 19.2 Å². The summed E-state index contributed by atoms with van der Waals surface area (Å²) in [4.78, 5) is 32.8. The first-order chi connectivity index (χ1) is 15.8. The highest BCUT2D eigenvalue weighted by Crippen LogP contribution is 2.49. The second-order valence-electron chi connectivity index (χ2n) is 8.23. The number of amides is 2. The molecule has 2 N–H and O–H groups in total. The fourth-order valence-electron chi connectivity index (χ4n) is 4.72. The number of pyridine rings is 1. The smallest absolute Gasteiger partial charge is 0.259 e. The number of nitrogens with two attached hydrogens (primary N) is 1. The predicted molar refractivity (Wildman–Crippen MR) is 125 cm³/mol. The Kier molecular flexibility index (Phi) is 4.65. The Morgan fingerprint density at radius 3 is 2.52 bits per heavy atom. The molecule has 2 amide bonds. The lowest BCUT2D eigenvalue weighted by Gasteiger charge is -2.43. The molecule has 0 radical (unpaired) electrons. The van der Waals surface area contributed by atoms with Gasteiger partial charge in [-0.2, -0.15) is 5.26 Å². The first kappa shape index (κ1) is 21.0. The van der Waals surface area contributed by atoms with Crippen molar-refractivity contribution in [3.63, 3.8) is 0 Å². The third kappa shape index (κ3) is 2.77. The first-order valence-corrected chi connectivity index (χ1v) is 10.8. The molecule has 0 unspecified atom stereocenters. The summed E-state index contributed by atoms with van der Waals surface area (Å²) in [7, 11) is 0. The Labute approximate surface area is 194 Å². The number of hydrogen-bond donors (Lipinski definition) is 1. The van der Waals surface area contributed by atoms with Gasteiger partial charge in [-0.3, -0.25) is 14.5 Å². The minimum absolute atomic E-state index is 0.192. The molecule has 3 aromatic rings. The van der Waals surface area contributed by atoms with Crippen LogP contribution >= 0.6 is 12.2 Å². The number of hydrogen-bond acceptors (Lipinski definition) is 5. The van der Waals surface area contributed by atoms with E-state index in [1.165, 1.54) is 24.1 Å². The van der Waals surface area contributed by atoms with Gasteiger partial charge in [-0.15, -0.1) is 0 Å². The molecule has 5 rings (SSSR count). The van der Waals surface area contributed by atoms with Crippen molar-refractivity contribution in [1.29, 1.82) is 5.26 Å². The quantitative estimate of drug-likeness (QED) is 0.599. The van der Waals surface area contributed by atoms with Crippen molar-refractivity contribution in [3.8, 4) is 6.07 Å². The van der Waals surface area contributed by atoms with E-state index in [4.69, 9.17) is 18.0 Å². The molecule has 7 nitrogen and oxygen atoms in total. The Bertz CT molecular complexity index is 1430. The van der Waals surface area contributed by atoms with Crippen LogP contribution in [0.4, 0.5) is 15.8 Å². The number of halogens is 1. The second kappa shape index (κ2) is 7.32. The normalized spacial score (nSPS) is 16.9. The minimum Gasteiger partial charge on any atom is -0.366 e. The van der Waals surface area contributed by atoms with Crippen LogP contribution in [0.1, 0.15) is 40.9 Å². The molecule has 1 aliphatic carbocycles. The summed E-state index contributed by atoms with van der Waals surface area (Å²) in [5.41, 5.74) is 5.48. The van der Waals surface area contributed by atoms with Gasteiger partial charge < -0.3 is 10.6 Å². The second-order valence-corrected chi connectivity index (χ2v) is 8.59. The molecule has 164 valence electrons. The Morgan fingerprint density at radius 2 is 1.91 bits per heavy atom. The fourth-order valence-corrected chi connectivity index (χ4v) is 5.18. The molecule has 9 heteroatoms. The highest BCUT2D eigenvalue weighted by Gasteiger charge is 2.60. The Morgan fingerprint density at radius 1 is 1.21 bits per heavy atom. The number of nitriles is 1. The lowest BCUT2D eigenvalue weighted by atomic mass is 9.75. The summed E-state index contributed by atoms with van der Waals surface area (Å²) < 4.78 is 15.0. The van der Waals surface area contributed by atoms with Crippen LogP contribution in [-0.4, -0.2) is 27.4 Å². The maximum absolute atomic E-state index is 15.0. The van der Waals surface area contributed by atoms with Crippen molar-refractivity contribution in [1.82, 2.24) is 4.98 Å². The van der Waals surface area contributed by atoms with Crippen LogP contribution in [0.15, 0.2) is 42.6 Å². The number of thiocarbonyl (C=S) groups is 1. The summed E-state index contributed by atoms with van der Waals surface area (Å²) in [5, 5.41) is 10.9. The van der Waals surface area contributed by atoms with Gasteiger partial charge >= 0.3 is 0 Å². The predicted octanol–water partition coefficient (Wildman–Crippen LogP) is 3.71. The molecule has 2 fully saturated rings. The lowest BCUT2D eigenvalue weighted by Crippen LogP contribution is -2.55. The van der Waals surface area contributed by atoms with Gasteiger partial charge in [-0.05, 0) is 50.5 Å². The molecule has 33 heavy (non-hydrogen) atoms. The van der Waals surface area contributed by atoms with E-state index in [1.54, 1.807) is 23.1 Å². The summed E-state index contributed by atoms with van der Waals surface area (Å²) in [6.07, 6.45) is 3.42. The SMILES string of the molecule is Cc1c(N2C(=S)N(c3cnc(C#N)c4ccccc34)C(=O)C23CCC3)ccc(C(N)=O)c1F. The molecule has 1 aromatic heterocycles. The average molecular weight is 460 g/mol. The standard InChI is InChI=1S/C24H18FN5O2S/c1-13-18(8-7-16(20(13)25)21(27)31)30-23(33)29(22(32)24(30)9-4-10-24)19-12-28-17(11-26)14-5-2-3-6-15(14)19/h2-3,5-8,12H,4,9-10H2,1H3,(H2,27,31). The molecule has 1 spiro atoms. The summed E-state index contributed by atoms with van der Waals surface area (Å²) >= 11 is 5.79. The number of anilines is 2. The topological polar surface area (TPSA) is 103 Å². The molecule has 0 bridgehead atoms. The van der Waals surface area contributed by atoms with E-state index in [2.05, 4.69) is 11.1 Å². The molecular weight excluding hydrogens is 441 g/mol. The number of rotatable bonds is 3. The maximum atomic E-state index is 15.0. The van der Waals surface area contributed by atoms with Crippen molar-refractivity contribution >= 4 is 51.3 Å². The van der Waals surface area contributed by atoms with Crippen molar-refractivity contribution in [2.24, 2.45) is 5.73 Å². The van der Waals surface area contributed by atoms with Crippen LogP contribution in [0, 0.1) is 24.1 Å². The first-order valence-electron chi connectivity index (χ1n) is 10.4. The maximum Gasteiger partial charge on any atom is 0.259 e. The molecule has 0 atom stereocenters. The van der Waals surface area contributed by atoms with Crippen LogP contribution < -0.4 is 15.5 Å². The van der Waals surface area contributed by atoms with E-state index < -0.39 is 17.3 Å². The van der Waals surface area contributed by atoms with Gasteiger partial charge in [0.15, 0.2) is 5.11 Å². The Hall–Kier alpha value is -3.90. The van der Waals surface area contributed by atoms with Gasteiger partial charge in [0.2, 0.25) is 0 Å². The van der Waals surface area contributed by atoms with Crippen LogP contribution in [0.3, 0.4) is 0 Å². The third-order valence-electron chi connectivity index (χ3n) is 6.58. The van der Waals surface area contributed by atoms with Crippen LogP contribution in [0.5, 0.6) is 0 Å². The van der Waals surface area contributed by atoms with Crippen molar-refractivity contribution < 1.29 is 14.0 Å². The molecule has 2 aliphatic rings. The van der Waals surface area contributed by atoms with E-state index >= 15 is 0 Å². The van der Waals surface area contributed by atoms with Crippen molar-refractivity contribution in [2.45, 2.75) is 31.7 Å². The van der Waals surface area contributed by atoms with Crippen molar-refractivity contribution in [3.05, 3.63) is 65.2 Å². The van der Waals surface area contributed by atoms with Crippen molar-refractivity contribution in [2.75, 3.05) is 9.80 Å². The molecular formula is C24H18FN5O2S. The van der Waals surface area contributed by atoms with Crippen LogP contribution in [-0.2, 0) is 4.79 Å². The summed E-state index contributed by atoms with van der Waals surface area (Å²) in [5.74, 6) is -1.81. The highest BCUT2D eigenvalue weighted by atomic mass is 32.1. The fraction of sp³-hybridized carbons (Fsp3) is 0.208. The number of fused-ring (bicyclic) bond motifs is 1. The van der Waals surface area contributed by atoms with E-state index in [1.807, 2.05) is 12.1 Å². The average Bonchev–Trinajstić information content (AvgIpc) is 3.01. The zero-order valence-corrected chi connectivity index (χ0v) is 18.4. The molecule has 1 saturated carbocycles. The van der Waals surface area contributed by atoms with Gasteiger partial charge in [-0.1, -0.05) is 24.3 Å². The number of primary amides is 1. The van der Waals surface area contributed by atoms with Gasteiger partial charge in [-0.25, -0.2) is 9.37 Å². The number of benzene rings is 2. The van der Waals surface area contributed by atoms with Crippen LogP contribution in [0.25, 0.3) is 10.8 Å². The van der Waals surface area contributed by atoms with E-state index in [0.717, 1.165) is 6.42 Å². The molecule has 2 aromatic carbocycles. The Balaban J connectivity index is 1.70. The zero-order valence-electron chi connectivity index (χ0n) is 17.6. The van der Waals surface area contributed by atoms with Gasteiger partial charge in [0.25, 0.3) is 11.8 Å². The number of aromatic nitrogens is 1. The minimum atomic E-state index is -0.933.